The quantitative estimate of drug-likeness (QED) is 0.475. The fraction of sp³-hybridized carbons (Fsp3) is 0.524. The van der Waals surface area contributed by atoms with Crippen LogP contribution in [0.5, 0.6) is 0 Å². The summed E-state index contributed by atoms with van der Waals surface area (Å²) in [4.78, 5) is 0. The summed E-state index contributed by atoms with van der Waals surface area (Å²) in [6.45, 7) is 3.92. The van der Waals surface area contributed by atoms with Crippen LogP contribution in [0.1, 0.15) is 26.3 Å². The number of nitrogens with zero attached hydrogens (tertiary/aromatic N) is 3. The van der Waals surface area contributed by atoms with Gasteiger partial charge >= 0.3 is 0 Å². The first-order valence-electron chi connectivity index (χ1n) is 9.75. The third-order valence-electron chi connectivity index (χ3n) is 5.49. The summed E-state index contributed by atoms with van der Waals surface area (Å²) in [7, 11) is 1.55. The predicted molar refractivity (Wildman–Crippen MR) is 110 cm³/mol. The van der Waals surface area contributed by atoms with Gasteiger partial charge in [-0.3, -0.25) is 0 Å². The highest BCUT2D eigenvalue weighted by molar-refractivity contribution is 9.10. The first kappa shape index (κ1) is 22.3. The van der Waals surface area contributed by atoms with Gasteiger partial charge in [0.1, 0.15) is 30.0 Å². The van der Waals surface area contributed by atoms with Crippen molar-refractivity contribution in [3.05, 3.63) is 34.4 Å². The zero-order valence-electron chi connectivity index (χ0n) is 17.2. The highest BCUT2D eigenvalue weighted by Crippen LogP contribution is 2.40. The fourth-order valence-electron chi connectivity index (χ4n) is 4.07. The molecule has 31 heavy (non-hydrogen) atoms. The summed E-state index contributed by atoms with van der Waals surface area (Å²) in [6, 6.07) is 2.38. The molecule has 3 heterocycles. The standard InChI is InChI=1S/C21H22BrF2N3O4/c1-5-6-14-19(28-4)18(20-15(30-14)10-29-21(2,3)31-20)27-9-13(25-26-27)11-7-8-12(22)17(24)16(11)23/h1,7-9,14-15,18-20H,6,10H2,2-4H3/t14-,15-,18-,19+,20+/m1/s1. The van der Waals surface area contributed by atoms with E-state index >= 15 is 0 Å². The van der Waals surface area contributed by atoms with Crippen LogP contribution in [0.25, 0.3) is 11.3 Å². The normalized spacial score (nSPS) is 29.9. The van der Waals surface area contributed by atoms with E-state index in [1.807, 2.05) is 13.8 Å². The lowest BCUT2D eigenvalue weighted by atomic mass is 9.90. The Kier molecular flexibility index (Phi) is 6.16. The molecule has 166 valence electrons. The molecule has 10 heteroatoms. The van der Waals surface area contributed by atoms with E-state index in [-0.39, 0.29) is 15.7 Å². The van der Waals surface area contributed by atoms with Gasteiger partial charge in [-0.15, -0.1) is 17.4 Å². The Morgan fingerprint density at radius 3 is 2.84 bits per heavy atom. The lowest BCUT2D eigenvalue weighted by molar-refractivity contribution is -0.349. The second-order valence-corrected chi connectivity index (χ2v) is 8.77. The zero-order valence-corrected chi connectivity index (χ0v) is 18.8. The summed E-state index contributed by atoms with van der Waals surface area (Å²) in [6.07, 6.45) is 5.57. The van der Waals surface area contributed by atoms with Gasteiger partial charge < -0.3 is 18.9 Å². The van der Waals surface area contributed by atoms with Crippen LogP contribution in [-0.4, -0.2) is 58.9 Å². The molecule has 1 aromatic carbocycles. The summed E-state index contributed by atoms with van der Waals surface area (Å²) in [5.41, 5.74) is 0.180. The van der Waals surface area contributed by atoms with Crippen LogP contribution in [0.3, 0.4) is 0 Å². The van der Waals surface area contributed by atoms with Gasteiger partial charge in [0.2, 0.25) is 0 Å². The highest BCUT2D eigenvalue weighted by Gasteiger charge is 2.52. The molecule has 2 saturated heterocycles. The van der Waals surface area contributed by atoms with Gasteiger partial charge in [0.25, 0.3) is 0 Å². The van der Waals surface area contributed by atoms with E-state index in [0.29, 0.717) is 13.0 Å². The second kappa shape index (κ2) is 8.56. The number of halogens is 3. The maximum atomic E-state index is 14.5. The van der Waals surface area contributed by atoms with Crippen molar-refractivity contribution in [1.29, 1.82) is 0 Å². The van der Waals surface area contributed by atoms with Gasteiger partial charge in [-0.05, 0) is 41.9 Å². The smallest absolute Gasteiger partial charge is 0.173 e. The molecule has 2 aliphatic rings. The van der Waals surface area contributed by atoms with E-state index in [0.717, 1.165) is 0 Å². The Morgan fingerprint density at radius 2 is 2.13 bits per heavy atom. The Hall–Kier alpha value is -1.90. The van der Waals surface area contributed by atoms with Crippen LogP contribution in [0.15, 0.2) is 22.8 Å². The van der Waals surface area contributed by atoms with Gasteiger partial charge in [-0.1, -0.05) is 5.21 Å². The van der Waals surface area contributed by atoms with Gasteiger partial charge in [0.05, 0.1) is 23.4 Å². The number of ether oxygens (including phenoxy) is 4. The molecule has 2 fully saturated rings. The number of rotatable bonds is 4. The molecule has 0 unspecified atom stereocenters. The fourth-order valence-corrected chi connectivity index (χ4v) is 4.38. The maximum absolute atomic E-state index is 14.5. The average Bonchev–Trinajstić information content (AvgIpc) is 3.20. The van der Waals surface area contributed by atoms with E-state index in [1.165, 1.54) is 12.1 Å². The Morgan fingerprint density at radius 1 is 1.35 bits per heavy atom. The van der Waals surface area contributed by atoms with Gasteiger partial charge in [0, 0.05) is 19.1 Å². The molecular weight excluding hydrogens is 476 g/mol. The molecule has 4 rings (SSSR count). The van der Waals surface area contributed by atoms with E-state index < -0.39 is 47.9 Å². The topological polar surface area (TPSA) is 67.6 Å². The SMILES string of the molecule is C#CC[C@H]1O[C@@H]2COC(C)(C)O[C@@H]2[C@H](n2cc(-c3ccc(Br)c(F)c3F)nn2)[C@H]1OC. The van der Waals surface area contributed by atoms with Crippen molar-refractivity contribution >= 4 is 15.9 Å². The minimum Gasteiger partial charge on any atom is -0.376 e. The molecule has 0 N–H and O–H groups in total. The van der Waals surface area contributed by atoms with Gasteiger partial charge in [-0.25, -0.2) is 13.5 Å². The minimum absolute atomic E-state index is 0.00192. The third-order valence-corrected chi connectivity index (χ3v) is 6.10. The Bertz CT molecular complexity index is 1010. The lowest BCUT2D eigenvalue weighted by Gasteiger charge is -2.50. The molecule has 0 spiro atoms. The van der Waals surface area contributed by atoms with Crippen LogP contribution in [0, 0.1) is 24.0 Å². The predicted octanol–water partition coefficient (Wildman–Crippen LogP) is 3.48. The number of methoxy groups -OCH3 is 1. The molecule has 7 nitrogen and oxygen atoms in total. The summed E-state index contributed by atoms with van der Waals surface area (Å²) in [5, 5.41) is 8.27. The molecule has 0 saturated carbocycles. The largest absolute Gasteiger partial charge is 0.376 e. The molecule has 0 aliphatic carbocycles. The summed E-state index contributed by atoms with van der Waals surface area (Å²) in [5.74, 6) is -0.235. The molecular formula is C21H22BrF2N3O4. The molecule has 0 radical (unpaired) electrons. The number of terminal acetylenes is 1. The Balaban J connectivity index is 1.74. The third kappa shape index (κ3) is 4.13. The van der Waals surface area contributed by atoms with Gasteiger partial charge in [0.15, 0.2) is 17.4 Å². The van der Waals surface area contributed by atoms with Crippen LogP contribution in [-0.2, 0) is 18.9 Å². The van der Waals surface area contributed by atoms with Crippen LogP contribution in [0.4, 0.5) is 8.78 Å². The van der Waals surface area contributed by atoms with Crippen molar-refractivity contribution in [3.8, 4) is 23.6 Å². The lowest BCUT2D eigenvalue weighted by Crippen LogP contribution is -2.62. The molecule has 0 bridgehead atoms. The Labute approximate surface area is 187 Å². The first-order chi connectivity index (χ1) is 14.8. The zero-order chi connectivity index (χ0) is 22.3. The van der Waals surface area contributed by atoms with Crippen molar-refractivity contribution < 1.29 is 27.7 Å². The minimum atomic E-state index is -1.01. The molecule has 2 aromatic rings. The number of aromatic nitrogens is 3. The van der Waals surface area contributed by atoms with Crippen molar-refractivity contribution in [3.63, 3.8) is 0 Å². The van der Waals surface area contributed by atoms with Crippen LogP contribution in [0.2, 0.25) is 0 Å². The van der Waals surface area contributed by atoms with E-state index in [9.17, 15) is 8.78 Å². The van der Waals surface area contributed by atoms with Crippen LogP contribution < -0.4 is 0 Å². The van der Waals surface area contributed by atoms with E-state index in [2.05, 4.69) is 32.2 Å². The van der Waals surface area contributed by atoms with Crippen molar-refractivity contribution in [1.82, 2.24) is 15.0 Å². The first-order valence-corrected chi connectivity index (χ1v) is 10.5. The number of hydrogen-bond acceptors (Lipinski definition) is 6. The molecule has 5 atom stereocenters. The van der Waals surface area contributed by atoms with E-state index in [1.54, 1.807) is 18.0 Å². The van der Waals surface area contributed by atoms with Crippen LogP contribution >= 0.6 is 15.9 Å². The average molecular weight is 498 g/mol. The molecule has 0 amide bonds. The summed E-state index contributed by atoms with van der Waals surface area (Å²) >= 11 is 2.98. The monoisotopic (exact) mass is 497 g/mol. The highest BCUT2D eigenvalue weighted by atomic mass is 79.9. The van der Waals surface area contributed by atoms with Crippen molar-refractivity contribution in [2.45, 2.75) is 56.5 Å². The molecule has 2 aliphatic heterocycles. The second-order valence-electron chi connectivity index (χ2n) is 7.91. The maximum Gasteiger partial charge on any atom is 0.173 e. The van der Waals surface area contributed by atoms with Gasteiger partial charge in [-0.2, -0.15) is 0 Å². The van der Waals surface area contributed by atoms with Crippen molar-refractivity contribution in [2.75, 3.05) is 13.7 Å². The number of hydrogen-bond donors (Lipinski definition) is 0. The van der Waals surface area contributed by atoms with E-state index in [4.69, 9.17) is 25.4 Å². The summed E-state index contributed by atoms with van der Waals surface area (Å²) < 4.78 is 53.9. The van der Waals surface area contributed by atoms with Crippen molar-refractivity contribution in [2.24, 2.45) is 0 Å². The molecule has 1 aromatic heterocycles. The number of fused-ring (bicyclic) bond motifs is 1. The number of benzene rings is 1.